The molecular weight excluding hydrogens is 372 g/mol. The quantitative estimate of drug-likeness (QED) is 0.456. The predicted octanol–water partition coefficient (Wildman–Crippen LogP) is 1.85. The van der Waals surface area contributed by atoms with Crippen LogP contribution in [0.4, 0.5) is 0 Å². The number of carbonyl (C=O) groups excluding carboxylic acids is 1. The van der Waals surface area contributed by atoms with Gasteiger partial charge in [-0.2, -0.15) is 0 Å². The minimum absolute atomic E-state index is 0.0820. The maximum atomic E-state index is 12.3. The van der Waals surface area contributed by atoms with Gasteiger partial charge in [0.1, 0.15) is 17.8 Å². The van der Waals surface area contributed by atoms with Crippen molar-refractivity contribution in [2.75, 3.05) is 6.61 Å². The summed E-state index contributed by atoms with van der Waals surface area (Å²) in [6.07, 6.45) is 6.58. The molecule has 0 aromatic carbocycles. The molecule has 6 rings (SSSR count). The van der Waals surface area contributed by atoms with Crippen molar-refractivity contribution in [3.63, 3.8) is 0 Å². The first-order chi connectivity index (χ1) is 13.6. The summed E-state index contributed by atoms with van der Waals surface area (Å²) < 4.78 is 11.6. The smallest absolute Gasteiger partial charge is 0.331 e. The number of carbonyl (C=O) groups is 1. The zero-order valence-corrected chi connectivity index (χ0v) is 17.3. The number of epoxide rings is 1. The molecule has 0 aromatic rings. The van der Waals surface area contributed by atoms with Gasteiger partial charge in [-0.1, -0.05) is 13.8 Å². The Bertz CT molecular complexity index is 824. The third-order valence-electron chi connectivity index (χ3n) is 10.4. The molecule has 4 saturated carbocycles. The van der Waals surface area contributed by atoms with E-state index in [0.29, 0.717) is 32.3 Å². The topological polar surface area (TPSA) is 99.5 Å². The molecule has 5 fully saturated rings. The van der Waals surface area contributed by atoms with Crippen LogP contribution in [0, 0.1) is 22.7 Å². The van der Waals surface area contributed by atoms with Crippen molar-refractivity contribution in [3.8, 4) is 0 Å². The second-order valence-electron chi connectivity index (χ2n) is 11.2. The Morgan fingerprint density at radius 1 is 1.03 bits per heavy atom. The van der Waals surface area contributed by atoms with Gasteiger partial charge in [0.2, 0.25) is 0 Å². The molecule has 1 spiro atoms. The van der Waals surface area contributed by atoms with E-state index in [0.717, 1.165) is 31.3 Å². The van der Waals surface area contributed by atoms with Crippen LogP contribution in [0.15, 0.2) is 11.6 Å². The first kappa shape index (κ1) is 18.8. The van der Waals surface area contributed by atoms with E-state index in [1.54, 1.807) is 6.08 Å². The van der Waals surface area contributed by atoms with Crippen LogP contribution in [-0.4, -0.2) is 56.9 Å². The van der Waals surface area contributed by atoms with Crippen LogP contribution in [0.25, 0.3) is 0 Å². The lowest BCUT2D eigenvalue weighted by molar-refractivity contribution is -0.242. The van der Waals surface area contributed by atoms with Gasteiger partial charge in [-0.05, 0) is 50.0 Å². The Hall–Kier alpha value is -0.950. The maximum absolute atomic E-state index is 12.3. The zero-order chi connectivity index (χ0) is 20.4. The molecule has 2 heterocycles. The fourth-order valence-electron chi connectivity index (χ4n) is 8.80. The van der Waals surface area contributed by atoms with Gasteiger partial charge in [-0.15, -0.1) is 0 Å². The van der Waals surface area contributed by atoms with Crippen LogP contribution in [-0.2, 0) is 14.3 Å². The minimum Gasteiger partial charge on any atom is -0.458 e. The molecule has 160 valence electrons. The van der Waals surface area contributed by atoms with E-state index in [1.807, 2.05) is 0 Å². The highest BCUT2D eigenvalue weighted by molar-refractivity contribution is 5.85. The van der Waals surface area contributed by atoms with Gasteiger partial charge >= 0.3 is 5.97 Å². The van der Waals surface area contributed by atoms with Crippen LogP contribution >= 0.6 is 0 Å². The molecule has 3 N–H and O–H groups in total. The second kappa shape index (κ2) is 5.26. The maximum Gasteiger partial charge on any atom is 0.331 e. The van der Waals surface area contributed by atoms with Crippen LogP contribution < -0.4 is 0 Å². The molecule has 29 heavy (non-hydrogen) atoms. The number of fused-ring (bicyclic) bond motifs is 3. The van der Waals surface area contributed by atoms with E-state index in [1.165, 1.54) is 0 Å². The van der Waals surface area contributed by atoms with E-state index < -0.39 is 22.9 Å². The molecule has 6 nitrogen and oxygen atoms in total. The molecule has 0 amide bonds. The lowest BCUT2D eigenvalue weighted by atomic mass is 9.41. The van der Waals surface area contributed by atoms with Crippen molar-refractivity contribution in [1.29, 1.82) is 0 Å². The van der Waals surface area contributed by atoms with Crippen molar-refractivity contribution in [2.24, 2.45) is 22.7 Å². The minimum atomic E-state index is -0.967. The average molecular weight is 405 g/mol. The van der Waals surface area contributed by atoms with E-state index >= 15 is 0 Å². The fourth-order valence-corrected chi connectivity index (χ4v) is 8.80. The van der Waals surface area contributed by atoms with Gasteiger partial charge in [0.05, 0.1) is 17.8 Å². The largest absolute Gasteiger partial charge is 0.458 e. The average Bonchev–Trinajstić information content (AvgIpc) is 3.06. The van der Waals surface area contributed by atoms with E-state index in [9.17, 15) is 20.1 Å². The monoisotopic (exact) mass is 404 g/mol. The highest BCUT2D eigenvalue weighted by Gasteiger charge is 2.86. The van der Waals surface area contributed by atoms with Crippen LogP contribution in [0.3, 0.4) is 0 Å². The van der Waals surface area contributed by atoms with Crippen molar-refractivity contribution in [3.05, 3.63) is 11.6 Å². The normalized spacial score (nSPS) is 60.4. The Morgan fingerprint density at radius 2 is 1.79 bits per heavy atom. The summed E-state index contributed by atoms with van der Waals surface area (Å²) in [6.45, 7) is 4.67. The molecule has 4 aliphatic carbocycles. The van der Waals surface area contributed by atoms with Gasteiger partial charge in [-0.25, -0.2) is 4.79 Å². The summed E-state index contributed by atoms with van der Waals surface area (Å²) in [5.74, 6) is -0.0677. The Kier molecular flexibility index (Phi) is 3.41. The van der Waals surface area contributed by atoms with Crippen LogP contribution in [0.2, 0.25) is 0 Å². The molecule has 6 aliphatic rings. The van der Waals surface area contributed by atoms with Crippen molar-refractivity contribution < 1.29 is 29.6 Å². The lowest BCUT2D eigenvalue weighted by Crippen LogP contribution is -2.72. The number of aliphatic hydroxyl groups excluding tert-OH is 1. The van der Waals surface area contributed by atoms with Crippen molar-refractivity contribution in [2.45, 2.75) is 94.2 Å². The number of rotatable bonds is 1. The zero-order valence-electron chi connectivity index (χ0n) is 17.3. The number of esters is 1. The van der Waals surface area contributed by atoms with Gasteiger partial charge in [0, 0.05) is 35.7 Å². The van der Waals surface area contributed by atoms with Crippen molar-refractivity contribution >= 4 is 5.97 Å². The summed E-state index contributed by atoms with van der Waals surface area (Å²) in [6, 6.07) is 0. The third kappa shape index (κ3) is 1.92. The summed E-state index contributed by atoms with van der Waals surface area (Å²) in [5.41, 5.74) is -2.22. The Balaban J connectivity index is 1.41. The van der Waals surface area contributed by atoms with E-state index in [4.69, 9.17) is 9.47 Å². The van der Waals surface area contributed by atoms with Gasteiger partial charge in [0.15, 0.2) is 0 Å². The Labute approximate surface area is 171 Å². The molecule has 0 unspecified atom stereocenters. The number of hydrogen-bond acceptors (Lipinski definition) is 6. The van der Waals surface area contributed by atoms with E-state index in [-0.39, 0.29) is 34.7 Å². The predicted molar refractivity (Wildman–Crippen MR) is 103 cm³/mol. The molecule has 6 heteroatoms. The van der Waals surface area contributed by atoms with Gasteiger partial charge in [-0.3, -0.25) is 0 Å². The third-order valence-corrected chi connectivity index (χ3v) is 10.4. The summed E-state index contributed by atoms with van der Waals surface area (Å²) in [5, 5.41) is 34.2. The number of hydrogen-bond donors (Lipinski definition) is 3. The molecular formula is C23H32O6. The summed E-state index contributed by atoms with van der Waals surface area (Å²) >= 11 is 0. The standard InChI is InChI=1S/C23H32O6/c1-19-7-5-16-20(2)6-3-14(24)10-21(20,26)11-17-23(16,29-17)22(19,27)8-4-15(19)13-9-18(25)28-12-13/h9,14-17,24,26-27H,3-8,10-12H2,1-2H3/t14-,15+,16+,17-,19+,20+,21+,22+,23+/m0/s1. The number of aliphatic hydroxyl groups is 3. The van der Waals surface area contributed by atoms with Crippen LogP contribution in [0.5, 0.6) is 0 Å². The summed E-state index contributed by atoms with van der Waals surface area (Å²) in [4.78, 5) is 11.7. The number of cyclic esters (lactones) is 1. The van der Waals surface area contributed by atoms with E-state index in [2.05, 4.69) is 13.8 Å². The fraction of sp³-hybridized carbons (Fsp3) is 0.870. The first-order valence-corrected chi connectivity index (χ1v) is 11.3. The highest BCUT2D eigenvalue weighted by Crippen LogP contribution is 2.78. The Morgan fingerprint density at radius 3 is 2.52 bits per heavy atom. The highest BCUT2D eigenvalue weighted by atomic mass is 16.6. The molecule has 2 aliphatic heterocycles. The molecule has 0 radical (unpaired) electrons. The molecule has 0 aromatic heterocycles. The van der Waals surface area contributed by atoms with Crippen molar-refractivity contribution in [1.82, 2.24) is 0 Å². The molecule has 9 atom stereocenters. The van der Waals surface area contributed by atoms with Gasteiger partial charge in [0.25, 0.3) is 0 Å². The van der Waals surface area contributed by atoms with Gasteiger partial charge < -0.3 is 24.8 Å². The molecule has 1 saturated heterocycles. The lowest BCUT2D eigenvalue weighted by Gasteiger charge is -2.64. The first-order valence-electron chi connectivity index (χ1n) is 11.3. The number of ether oxygens (including phenoxy) is 2. The van der Waals surface area contributed by atoms with Crippen LogP contribution in [0.1, 0.15) is 65.2 Å². The SMILES string of the molecule is C[C@]12CC[C@H](O)C[C@@]1(O)C[C@@H]1O[C@]13[C@@H]2CC[C@]1(C)[C@@H](C2=CC(=O)OC2)CC[C@]31O. The molecule has 0 bridgehead atoms. The summed E-state index contributed by atoms with van der Waals surface area (Å²) in [7, 11) is 0. The second-order valence-corrected chi connectivity index (χ2v) is 11.2.